The van der Waals surface area contributed by atoms with Crippen molar-refractivity contribution in [3.63, 3.8) is 0 Å². The highest BCUT2D eigenvalue weighted by atomic mass is 16.3. The first kappa shape index (κ1) is 13.8. The molecule has 2 atom stereocenters. The lowest BCUT2D eigenvalue weighted by molar-refractivity contribution is -0.116. The van der Waals surface area contributed by atoms with Gasteiger partial charge in [-0.15, -0.1) is 0 Å². The van der Waals surface area contributed by atoms with Crippen molar-refractivity contribution in [2.75, 3.05) is 6.61 Å². The maximum atomic E-state index is 10.9. The number of rotatable bonds is 6. The van der Waals surface area contributed by atoms with Gasteiger partial charge in [-0.3, -0.25) is 4.79 Å². The number of carbonyl (C=O) groups is 1. The maximum Gasteiger partial charge on any atom is 0.134 e. The predicted molar refractivity (Wildman–Crippen MR) is 63.5 cm³/mol. The summed E-state index contributed by atoms with van der Waals surface area (Å²) in [5.41, 5.74) is 1.46. The molecule has 17 heavy (non-hydrogen) atoms. The van der Waals surface area contributed by atoms with Gasteiger partial charge in [-0.05, 0) is 24.5 Å². The molecule has 1 aromatic carbocycles. The van der Waals surface area contributed by atoms with Crippen LogP contribution in [0, 0.1) is 0 Å². The van der Waals surface area contributed by atoms with Crippen molar-refractivity contribution in [2.45, 2.75) is 32.0 Å². The molecule has 0 radical (unpaired) electrons. The van der Waals surface area contributed by atoms with Crippen LogP contribution in [-0.2, 0) is 11.2 Å². The summed E-state index contributed by atoms with van der Waals surface area (Å²) in [6, 6.07) is 6.88. The number of Topliss-reactive ketones (excluding diaryl/α,β-unsaturated/α-hetero) is 1. The van der Waals surface area contributed by atoms with Gasteiger partial charge in [0.05, 0.1) is 6.10 Å². The lowest BCUT2D eigenvalue weighted by Gasteiger charge is -2.17. The Balaban J connectivity index is 2.69. The van der Waals surface area contributed by atoms with E-state index in [4.69, 9.17) is 5.11 Å². The summed E-state index contributed by atoms with van der Waals surface area (Å²) in [5.74, 6) is 0.0820. The predicted octanol–water partition coefficient (Wildman–Crippen LogP) is 0.595. The monoisotopic (exact) mass is 238 g/mol. The van der Waals surface area contributed by atoms with Crippen molar-refractivity contribution >= 4 is 5.78 Å². The van der Waals surface area contributed by atoms with Gasteiger partial charge in [0, 0.05) is 13.0 Å². The van der Waals surface area contributed by atoms with E-state index in [0.29, 0.717) is 12.0 Å². The first-order valence-electron chi connectivity index (χ1n) is 5.60. The molecule has 0 aliphatic rings. The number of carbonyl (C=O) groups excluding carboxylic acids is 1. The van der Waals surface area contributed by atoms with E-state index in [-0.39, 0.29) is 18.8 Å². The Morgan fingerprint density at radius 1 is 1.24 bits per heavy atom. The zero-order valence-electron chi connectivity index (χ0n) is 9.84. The van der Waals surface area contributed by atoms with Crippen molar-refractivity contribution in [1.82, 2.24) is 0 Å². The third kappa shape index (κ3) is 4.26. The van der Waals surface area contributed by atoms with E-state index in [0.717, 1.165) is 5.56 Å². The Labute approximate surface area is 101 Å². The van der Waals surface area contributed by atoms with Crippen LogP contribution in [0.4, 0.5) is 0 Å². The number of benzene rings is 1. The highest BCUT2D eigenvalue weighted by Gasteiger charge is 2.17. The molecule has 0 amide bonds. The molecule has 0 spiro atoms. The minimum atomic E-state index is -1.01. The summed E-state index contributed by atoms with van der Waals surface area (Å²) >= 11 is 0. The van der Waals surface area contributed by atoms with Crippen LogP contribution in [0.1, 0.15) is 30.6 Å². The van der Waals surface area contributed by atoms with Gasteiger partial charge in [0.1, 0.15) is 11.9 Å². The lowest BCUT2D eigenvalue weighted by atomic mass is 10.00. The van der Waals surface area contributed by atoms with Crippen molar-refractivity contribution in [3.05, 3.63) is 35.4 Å². The highest BCUT2D eigenvalue weighted by Crippen LogP contribution is 2.19. The number of aliphatic hydroxyl groups excluding tert-OH is 3. The Kier molecular flexibility index (Phi) is 5.28. The smallest absolute Gasteiger partial charge is 0.134 e. The summed E-state index contributed by atoms with van der Waals surface area (Å²) in [7, 11) is 0. The molecule has 0 bridgehead atoms. The van der Waals surface area contributed by atoms with Crippen LogP contribution in [-0.4, -0.2) is 33.8 Å². The average molecular weight is 238 g/mol. The van der Waals surface area contributed by atoms with E-state index >= 15 is 0 Å². The normalized spacial score (nSPS) is 14.4. The highest BCUT2D eigenvalue weighted by molar-refractivity contribution is 5.78. The molecule has 4 nitrogen and oxygen atoms in total. The van der Waals surface area contributed by atoms with Crippen LogP contribution in [0.3, 0.4) is 0 Å². The topological polar surface area (TPSA) is 77.8 Å². The molecule has 3 N–H and O–H groups in total. The fourth-order valence-electron chi connectivity index (χ4n) is 1.63. The van der Waals surface area contributed by atoms with E-state index in [2.05, 4.69) is 0 Å². The van der Waals surface area contributed by atoms with Crippen molar-refractivity contribution < 1.29 is 20.1 Å². The fourth-order valence-corrected chi connectivity index (χ4v) is 1.63. The van der Waals surface area contributed by atoms with Crippen LogP contribution in [0.15, 0.2) is 24.3 Å². The van der Waals surface area contributed by atoms with Crippen molar-refractivity contribution in [2.24, 2.45) is 0 Å². The van der Waals surface area contributed by atoms with Gasteiger partial charge >= 0.3 is 0 Å². The number of hydrogen-bond donors (Lipinski definition) is 3. The summed E-state index contributed by atoms with van der Waals surface area (Å²) in [4.78, 5) is 10.9. The molecule has 1 rings (SSSR count). The molecule has 0 saturated carbocycles. The quantitative estimate of drug-likeness (QED) is 0.678. The van der Waals surface area contributed by atoms with Crippen LogP contribution < -0.4 is 0 Å². The Hall–Kier alpha value is -1.23. The van der Waals surface area contributed by atoms with Crippen LogP contribution >= 0.6 is 0 Å². The van der Waals surface area contributed by atoms with E-state index < -0.39 is 12.2 Å². The minimum absolute atomic E-state index is 0.0820. The second-order valence-corrected chi connectivity index (χ2v) is 4.14. The van der Waals surface area contributed by atoms with E-state index in [1.165, 1.54) is 6.92 Å². The van der Waals surface area contributed by atoms with Crippen LogP contribution in [0.2, 0.25) is 0 Å². The van der Waals surface area contributed by atoms with E-state index in [1.54, 1.807) is 24.3 Å². The van der Waals surface area contributed by atoms with Gasteiger partial charge in [-0.25, -0.2) is 0 Å². The molecular weight excluding hydrogens is 220 g/mol. The lowest BCUT2D eigenvalue weighted by Crippen LogP contribution is -2.19. The Morgan fingerprint density at radius 2 is 1.82 bits per heavy atom. The summed E-state index contributed by atoms with van der Waals surface area (Å²) < 4.78 is 0. The second kappa shape index (κ2) is 6.49. The van der Waals surface area contributed by atoms with Crippen LogP contribution in [0.5, 0.6) is 0 Å². The third-order valence-electron chi connectivity index (χ3n) is 2.56. The first-order valence-corrected chi connectivity index (χ1v) is 5.60. The second-order valence-electron chi connectivity index (χ2n) is 4.14. The van der Waals surface area contributed by atoms with Gasteiger partial charge < -0.3 is 15.3 Å². The summed E-state index contributed by atoms with van der Waals surface area (Å²) in [5, 5.41) is 28.0. The molecule has 0 heterocycles. The maximum absolute atomic E-state index is 10.9. The third-order valence-corrected chi connectivity index (χ3v) is 2.56. The van der Waals surface area contributed by atoms with E-state index in [1.807, 2.05) is 0 Å². The Morgan fingerprint density at radius 3 is 2.29 bits per heavy atom. The summed E-state index contributed by atoms with van der Waals surface area (Å²) in [6.45, 7) is 1.36. The molecule has 0 aliphatic carbocycles. The number of hydrogen-bond acceptors (Lipinski definition) is 4. The van der Waals surface area contributed by atoms with Gasteiger partial charge in [-0.2, -0.15) is 0 Å². The van der Waals surface area contributed by atoms with Gasteiger partial charge in [0.2, 0.25) is 0 Å². The van der Waals surface area contributed by atoms with Gasteiger partial charge in [0.15, 0.2) is 0 Å². The number of ketones is 1. The molecule has 0 aliphatic heterocycles. The molecule has 0 fully saturated rings. The van der Waals surface area contributed by atoms with Gasteiger partial charge in [0.25, 0.3) is 0 Å². The molecule has 0 saturated heterocycles. The standard InChI is InChI=1S/C13H18O4/c1-9(15)8-10-2-4-11(5-3-10)13(17)12(16)6-7-14/h2-5,12-14,16-17H,6-8H2,1H3. The molecule has 94 valence electrons. The van der Waals surface area contributed by atoms with Crippen molar-refractivity contribution in [1.29, 1.82) is 0 Å². The minimum Gasteiger partial charge on any atom is -0.396 e. The zero-order chi connectivity index (χ0) is 12.8. The van der Waals surface area contributed by atoms with Crippen molar-refractivity contribution in [3.8, 4) is 0 Å². The van der Waals surface area contributed by atoms with Crippen LogP contribution in [0.25, 0.3) is 0 Å². The van der Waals surface area contributed by atoms with Gasteiger partial charge in [-0.1, -0.05) is 24.3 Å². The zero-order valence-corrected chi connectivity index (χ0v) is 9.84. The summed E-state index contributed by atoms with van der Waals surface area (Å²) in [6.07, 6.45) is -1.47. The molecule has 1 aromatic rings. The Bertz CT molecular complexity index is 358. The van der Waals surface area contributed by atoms with E-state index in [9.17, 15) is 15.0 Å². The average Bonchev–Trinajstić information content (AvgIpc) is 2.28. The number of aliphatic hydroxyl groups is 3. The first-order chi connectivity index (χ1) is 8.04. The fraction of sp³-hybridized carbons (Fsp3) is 0.462. The SMILES string of the molecule is CC(=O)Cc1ccc(C(O)C(O)CCO)cc1. The molecule has 0 aromatic heterocycles. The largest absolute Gasteiger partial charge is 0.396 e. The molecule has 4 heteroatoms. The molecular formula is C13H18O4. The molecule has 2 unspecified atom stereocenters.